The van der Waals surface area contributed by atoms with Crippen LogP contribution >= 0.6 is 23.4 Å². The number of anilines is 2. The zero-order valence-electron chi connectivity index (χ0n) is 21.5. The highest BCUT2D eigenvalue weighted by Crippen LogP contribution is 2.40. The number of allylic oxidation sites excluding steroid dienone is 1. The van der Waals surface area contributed by atoms with Crippen LogP contribution in [0.25, 0.3) is 10.8 Å². The van der Waals surface area contributed by atoms with Crippen molar-refractivity contribution in [3.63, 3.8) is 0 Å². The Bertz CT molecular complexity index is 1740. The smallest absolute Gasteiger partial charge is 0.255 e. The molecular weight excluding hydrogens is 526 g/mol. The number of hydrogen-bond acceptors (Lipinski definition) is 5. The number of benzene rings is 4. The van der Waals surface area contributed by atoms with E-state index >= 15 is 0 Å². The molecule has 8 heteroatoms. The fourth-order valence-electron chi connectivity index (χ4n) is 4.92. The Balaban J connectivity index is 1.43. The quantitative estimate of drug-likeness (QED) is 0.212. The molecule has 0 fully saturated rings. The lowest BCUT2D eigenvalue weighted by atomic mass is 9.91. The molecule has 194 valence electrons. The highest BCUT2D eigenvalue weighted by atomic mass is 35.5. The number of amides is 1. The minimum absolute atomic E-state index is 0.182. The van der Waals surface area contributed by atoms with Crippen LogP contribution in [0.4, 0.5) is 11.6 Å². The van der Waals surface area contributed by atoms with Gasteiger partial charge in [-0.1, -0.05) is 102 Å². The van der Waals surface area contributed by atoms with Crippen LogP contribution in [0, 0.1) is 6.92 Å². The Morgan fingerprint density at radius 1 is 0.974 bits per heavy atom. The first-order chi connectivity index (χ1) is 19.0. The number of aryl methyl sites for hydroxylation is 1. The van der Waals surface area contributed by atoms with E-state index in [2.05, 4.69) is 34.9 Å². The van der Waals surface area contributed by atoms with Crippen molar-refractivity contribution in [2.75, 3.05) is 10.6 Å². The average Bonchev–Trinajstić information content (AvgIpc) is 3.35. The molecule has 1 aromatic heterocycles. The SMILES string of the molecule is CC1=C(C(=O)Nc2ccccc2C)C(c2cccc3ccccc23)n2nc(SCc3ccccc3Cl)nc2N1. The van der Waals surface area contributed by atoms with Gasteiger partial charge in [0.25, 0.3) is 5.91 Å². The summed E-state index contributed by atoms with van der Waals surface area (Å²) in [4.78, 5) is 18.7. The van der Waals surface area contributed by atoms with Crippen molar-refractivity contribution in [1.29, 1.82) is 0 Å². The van der Waals surface area contributed by atoms with Gasteiger partial charge in [0.05, 0.1) is 5.57 Å². The molecule has 0 bridgehead atoms. The van der Waals surface area contributed by atoms with Gasteiger partial charge >= 0.3 is 0 Å². The Morgan fingerprint density at radius 3 is 2.56 bits per heavy atom. The molecule has 0 radical (unpaired) electrons. The monoisotopic (exact) mass is 551 g/mol. The normalized spacial score (nSPS) is 14.7. The molecular formula is C31H26ClN5OS. The van der Waals surface area contributed by atoms with Crippen molar-refractivity contribution in [3.05, 3.63) is 124 Å². The fraction of sp³-hybridized carbons (Fsp3) is 0.129. The minimum Gasteiger partial charge on any atom is -0.328 e. The summed E-state index contributed by atoms with van der Waals surface area (Å²) in [6, 6.07) is 29.4. The zero-order valence-corrected chi connectivity index (χ0v) is 23.1. The van der Waals surface area contributed by atoms with E-state index in [1.54, 1.807) is 0 Å². The van der Waals surface area contributed by atoms with E-state index in [-0.39, 0.29) is 5.91 Å². The summed E-state index contributed by atoms with van der Waals surface area (Å²) >= 11 is 7.89. The topological polar surface area (TPSA) is 71.8 Å². The van der Waals surface area contributed by atoms with Crippen LogP contribution in [0.15, 0.2) is 107 Å². The third-order valence-electron chi connectivity index (χ3n) is 6.90. The molecule has 6 nitrogen and oxygen atoms in total. The molecule has 1 atom stereocenters. The number of halogens is 1. The van der Waals surface area contributed by atoms with Gasteiger partial charge in [0, 0.05) is 22.2 Å². The van der Waals surface area contributed by atoms with E-state index in [1.807, 2.05) is 85.3 Å². The Labute approximate surface area is 236 Å². The summed E-state index contributed by atoms with van der Waals surface area (Å²) in [5.74, 6) is 1.05. The van der Waals surface area contributed by atoms with Crippen LogP contribution < -0.4 is 10.6 Å². The molecule has 39 heavy (non-hydrogen) atoms. The van der Waals surface area contributed by atoms with Gasteiger partial charge in [-0.3, -0.25) is 4.79 Å². The number of carbonyl (C=O) groups is 1. The van der Waals surface area contributed by atoms with Crippen LogP contribution in [0.1, 0.15) is 29.7 Å². The molecule has 0 saturated carbocycles. The molecule has 5 aromatic rings. The molecule has 1 amide bonds. The van der Waals surface area contributed by atoms with Crippen LogP contribution in [-0.4, -0.2) is 20.7 Å². The van der Waals surface area contributed by atoms with Crippen molar-refractivity contribution < 1.29 is 4.79 Å². The Morgan fingerprint density at radius 2 is 1.72 bits per heavy atom. The zero-order chi connectivity index (χ0) is 26.9. The van der Waals surface area contributed by atoms with E-state index in [1.165, 1.54) is 11.8 Å². The van der Waals surface area contributed by atoms with Gasteiger partial charge in [0.1, 0.15) is 6.04 Å². The highest BCUT2D eigenvalue weighted by molar-refractivity contribution is 7.98. The summed E-state index contributed by atoms with van der Waals surface area (Å²) in [6.45, 7) is 3.90. The number of nitrogens with one attached hydrogen (secondary N) is 2. The maximum absolute atomic E-state index is 13.9. The first-order valence-electron chi connectivity index (χ1n) is 12.6. The van der Waals surface area contributed by atoms with E-state index in [4.69, 9.17) is 21.7 Å². The number of rotatable bonds is 6. The first kappa shape index (κ1) is 25.2. The Kier molecular flexibility index (Phi) is 6.85. The number of thioether (sulfide) groups is 1. The summed E-state index contributed by atoms with van der Waals surface area (Å²) < 4.78 is 1.83. The number of aromatic nitrogens is 3. The van der Waals surface area contributed by atoms with Gasteiger partial charge < -0.3 is 10.6 Å². The van der Waals surface area contributed by atoms with E-state index < -0.39 is 6.04 Å². The lowest BCUT2D eigenvalue weighted by molar-refractivity contribution is -0.113. The summed E-state index contributed by atoms with van der Waals surface area (Å²) in [6.07, 6.45) is 0. The predicted octanol–water partition coefficient (Wildman–Crippen LogP) is 7.61. The summed E-state index contributed by atoms with van der Waals surface area (Å²) in [5.41, 5.74) is 5.10. The van der Waals surface area contributed by atoms with E-state index in [0.717, 1.165) is 38.8 Å². The highest BCUT2D eigenvalue weighted by Gasteiger charge is 2.35. The van der Waals surface area contributed by atoms with Gasteiger partial charge in [-0.2, -0.15) is 4.98 Å². The molecule has 0 spiro atoms. The van der Waals surface area contributed by atoms with Crippen molar-refractivity contribution in [3.8, 4) is 0 Å². The maximum atomic E-state index is 13.9. The predicted molar refractivity (Wildman–Crippen MR) is 159 cm³/mol. The van der Waals surface area contributed by atoms with E-state index in [9.17, 15) is 4.79 Å². The van der Waals surface area contributed by atoms with Crippen molar-refractivity contribution in [1.82, 2.24) is 14.8 Å². The van der Waals surface area contributed by atoms with Crippen LogP contribution in [0.5, 0.6) is 0 Å². The van der Waals surface area contributed by atoms with Crippen LogP contribution in [0.2, 0.25) is 5.02 Å². The molecule has 1 unspecified atom stereocenters. The third-order valence-corrected chi connectivity index (χ3v) is 8.16. The van der Waals surface area contributed by atoms with Crippen LogP contribution in [0.3, 0.4) is 0 Å². The molecule has 6 rings (SSSR count). The lowest BCUT2D eigenvalue weighted by Gasteiger charge is -2.29. The van der Waals surface area contributed by atoms with Gasteiger partial charge in [0.15, 0.2) is 0 Å². The standard InChI is InChI=1S/C31H26ClN5OS/c1-19-10-3-8-17-26(19)34-29(38)27-20(2)33-30-35-31(39-18-22-12-5-7-16-25(22)32)36-37(30)28(27)24-15-9-13-21-11-4-6-14-23(21)24/h3-17,28H,18H2,1-2H3,(H,34,38)(H,33,35,36). The largest absolute Gasteiger partial charge is 0.328 e. The van der Waals surface area contributed by atoms with Crippen molar-refractivity contribution >= 4 is 51.7 Å². The van der Waals surface area contributed by atoms with E-state index in [0.29, 0.717) is 27.5 Å². The first-order valence-corrected chi connectivity index (χ1v) is 14.0. The second-order valence-electron chi connectivity index (χ2n) is 9.45. The molecule has 0 aliphatic carbocycles. The minimum atomic E-state index is -0.474. The number of carbonyl (C=O) groups excluding carboxylic acids is 1. The molecule has 4 aromatic carbocycles. The Hall–Kier alpha value is -4.07. The van der Waals surface area contributed by atoms with Crippen molar-refractivity contribution in [2.45, 2.75) is 30.8 Å². The van der Waals surface area contributed by atoms with Crippen LogP contribution in [-0.2, 0) is 10.5 Å². The number of hydrogen-bond donors (Lipinski definition) is 2. The average molecular weight is 552 g/mol. The summed E-state index contributed by atoms with van der Waals surface area (Å²) in [5, 5.41) is 14.9. The fourth-order valence-corrected chi connectivity index (χ4v) is 6.04. The molecule has 1 aliphatic heterocycles. The molecule has 1 aliphatic rings. The summed E-state index contributed by atoms with van der Waals surface area (Å²) in [7, 11) is 0. The van der Waals surface area contributed by atoms with Crippen molar-refractivity contribution in [2.24, 2.45) is 0 Å². The van der Waals surface area contributed by atoms with Gasteiger partial charge in [-0.05, 0) is 53.4 Å². The maximum Gasteiger partial charge on any atom is 0.255 e. The molecule has 2 N–H and O–H groups in total. The second kappa shape index (κ2) is 10.6. The molecule has 0 saturated heterocycles. The third kappa shape index (κ3) is 4.91. The van der Waals surface area contributed by atoms with Gasteiger partial charge in [0.2, 0.25) is 11.1 Å². The second-order valence-corrected chi connectivity index (χ2v) is 10.8. The number of para-hydroxylation sites is 1. The lowest BCUT2D eigenvalue weighted by Crippen LogP contribution is -2.31. The number of fused-ring (bicyclic) bond motifs is 2. The van der Waals surface area contributed by atoms with Gasteiger partial charge in [-0.25, -0.2) is 4.68 Å². The van der Waals surface area contributed by atoms with Gasteiger partial charge in [-0.15, -0.1) is 5.10 Å². The molecule has 2 heterocycles. The number of nitrogens with zero attached hydrogens (tertiary/aromatic N) is 3.